The minimum atomic E-state index is -4.68. The minimum Gasteiger partial charge on any atom is -0.459 e. The average molecular weight is 357 g/mol. The first-order chi connectivity index (χ1) is 11.3. The molecule has 0 unspecified atom stereocenters. The van der Waals surface area contributed by atoms with Crippen LogP contribution in [0.1, 0.15) is 5.56 Å². The van der Waals surface area contributed by atoms with E-state index in [0.29, 0.717) is 23.6 Å². The summed E-state index contributed by atoms with van der Waals surface area (Å²) in [5.41, 5.74) is -1.81. The Morgan fingerprint density at radius 3 is 2.62 bits per heavy atom. The van der Waals surface area contributed by atoms with Crippen molar-refractivity contribution >= 4 is 17.4 Å². The molecule has 11 heteroatoms. The van der Waals surface area contributed by atoms with Crippen LogP contribution in [0.4, 0.5) is 18.9 Å². The van der Waals surface area contributed by atoms with Crippen LogP contribution in [0.2, 0.25) is 0 Å². The lowest BCUT2D eigenvalue weighted by Gasteiger charge is -2.07. The Hall–Kier alpha value is -2.82. The summed E-state index contributed by atoms with van der Waals surface area (Å²) in [4.78, 5) is 10.1. The van der Waals surface area contributed by atoms with Gasteiger partial charge in [-0.2, -0.15) is 13.2 Å². The third kappa shape index (κ3) is 3.25. The lowest BCUT2D eigenvalue weighted by atomic mass is 10.2. The van der Waals surface area contributed by atoms with Crippen molar-refractivity contribution in [2.45, 2.75) is 16.3 Å². The van der Waals surface area contributed by atoms with Crippen LogP contribution in [-0.4, -0.2) is 15.1 Å². The molecule has 0 atom stereocenters. The van der Waals surface area contributed by atoms with Gasteiger partial charge in [0, 0.05) is 6.07 Å². The number of rotatable bonds is 4. The van der Waals surface area contributed by atoms with E-state index in [9.17, 15) is 23.3 Å². The monoisotopic (exact) mass is 357 g/mol. The Kier molecular flexibility index (Phi) is 4.01. The summed E-state index contributed by atoms with van der Waals surface area (Å²) in [6, 6.07) is 5.38. The number of alkyl halides is 3. The summed E-state index contributed by atoms with van der Waals surface area (Å²) in [5.74, 6) is 0.355. The van der Waals surface area contributed by atoms with Crippen LogP contribution in [0, 0.1) is 10.1 Å². The Labute approximate surface area is 135 Å². The van der Waals surface area contributed by atoms with E-state index in [-0.39, 0.29) is 16.0 Å². The van der Waals surface area contributed by atoms with Crippen molar-refractivity contribution in [3.63, 3.8) is 0 Å². The fourth-order valence-corrected chi connectivity index (χ4v) is 2.53. The molecule has 0 bridgehead atoms. The van der Waals surface area contributed by atoms with Gasteiger partial charge in [-0.15, -0.1) is 10.2 Å². The number of nitrogens with zero attached hydrogens (tertiary/aromatic N) is 3. The number of hydrogen-bond donors (Lipinski definition) is 0. The molecule has 2 heterocycles. The van der Waals surface area contributed by atoms with Crippen LogP contribution >= 0.6 is 11.8 Å². The van der Waals surface area contributed by atoms with Crippen LogP contribution in [-0.2, 0) is 6.18 Å². The first kappa shape index (κ1) is 16.1. The molecule has 7 nitrogen and oxygen atoms in total. The lowest BCUT2D eigenvalue weighted by molar-refractivity contribution is -0.388. The molecule has 0 aliphatic heterocycles. The smallest absolute Gasteiger partial charge is 0.416 e. The van der Waals surface area contributed by atoms with Crippen molar-refractivity contribution in [3.8, 4) is 11.7 Å². The number of hydrogen-bond acceptors (Lipinski definition) is 7. The topological polar surface area (TPSA) is 95.2 Å². The maximum atomic E-state index is 12.7. The average Bonchev–Trinajstić information content (AvgIpc) is 3.16. The third-order valence-corrected chi connectivity index (χ3v) is 3.72. The van der Waals surface area contributed by atoms with Gasteiger partial charge >= 0.3 is 6.18 Å². The molecular weight excluding hydrogens is 351 g/mol. The summed E-state index contributed by atoms with van der Waals surface area (Å²) in [6.45, 7) is 0. The van der Waals surface area contributed by atoms with E-state index in [1.807, 2.05) is 0 Å². The highest BCUT2D eigenvalue weighted by atomic mass is 32.2. The fourth-order valence-electron chi connectivity index (χ4n) is 1.77. The van der Waals surface area contributed by atoms with Crippen LogP contribution in [0.5, 0.6) is 0 Å². The van der Waals surface area contributed by atoms with Gasteiger partial charge < -0.3 is 8.83 Å². The summed E-state index contributed by atoms with van der Waals surface area (Å²) in [7, 11) is 0. The molecule has 0 amide bonds. The maximum Gasteiger partial charge on any atom is 0.416 e. The lowest BCUT2D eigenvalue weighted by Crippen LogP contribution is -2.05. The van der Waals surface area contributed by atoms with E-state index in [1.54, 1.807) is 12.1 Å². The zero-order valence-corrected chi connectivity index (χ0v) is 12.3. The molecule has 0 spiro atoms. The van der Waals surface area contributed by atoms with Gasteiger partial charge in [0.1, 0.15) is 0 Å². The molecule has 0 aliphatic rings. The number of furan rings is 1. The molecule has 1 aromatic carbocycles. The Morgan fingerprint density at radius 2 is 2.00 bits per heavy atom. The van der Waals surface area contributed by atoms with Gasteiger partial charge in [0.25, 0.3) is 16.8 Å². The standard InChI is InChI=1S/C13H6F3N3O4S/c14-13(15,16)7-3-4-10(8(6-7)19(20)21)24-12-18-17-11(23-12)9-2-1-5-22-9/h1-6H. The minimum absolute atomic E-state index is 0.0528. The van der Waals surface area contributed by atoms with E-state index in [1.165, 1.54) is 6.26 Å². The zero-order valence-electron chi connectivity index (χ0n) is 11.5. The second kappa shape index (κ2) is 6.00. The fraction of sp³-hybridized carbons (Fsp3) is 0.0769. The molecule has 0 N–H and O–H groups in total. The molecule has 124 valence electrons. The first-order valence-electron chi connectivity index (χ1n) is 6.25. The zero-order chi connectivity index (χ0) is 17.3. The second-order valence-electron chi connectivity index (χ2n) is 4.39. The number of nitro benzene ring substituents is 1. The van der Waals surface area contributed by atoms with Crippen molar-refractivity contribution < 1.29 is 26.9 Å². The van der Waals surface area contributed by atoms with Gasteiger partial charge in [0.15, 0.2) is 5.76 Å². The van der Waals surface area contributed by atoms with E-state index < -0.39 is 22.4 Å². The van der Waals surface area contributed by atoms with Crippen molar-refractivity contribution in [2.75, 3.05) is 0 Å². The number of halogens is 3. The summed E-state index contributed by atoms with van der Waals surface area (Å²) in [6.07, 6.45) is -3.28. The number of aromatic nitrogens is 2. The van der Waals surface area contributed by atoms with E-state index in [0.717, 1.165) is 12.1 Å². The summed E-state index contributed by atoms with van der Waals surface area (Å²) >= 11 is 0.689. The van der Waals surface area contributed by atoms with Crippen LogP contribution < -0.4 is 0 Å². The molecule has 3 aromatic rings. The van der Waals surface area contributed by atoms with Crippen molar-refractivity contribution in [3.05, 3.63) is 52.3 Å². The van der Waals surface area contributed by atoms with Crippen LogP contribution in [0.15, 0.2) is 55.5 Å². The van der Waals surface area contributed by atoms with E-state index >= 15 is 0 Å². The molecule has 3 rings (SSSR count). The third-order valence-electron chi connectivity index (χ3n) is 2.82. The van der Waals surface area contributed by atoms with E-state index in [2.05, 4.69) is 10.2 Å². The van der Waals surface area contributed by atoms with Gasteiger partial charge in [0.05, 0.1) is 21.6 Å². The second-order valence-corrected chi connectivity index (χ2v) is 5.38. The van der Waals surface area contributed by atoms with Gasteiger partial charge in [-0.1, -0.05) is 0 Å². The molecule has 0 radical (unpaired) electrons. The van der Waals surface area contributed by atoms with E-state index in [4.69, 9.17) is 8.83 Å². The quantitative estimate of drug-likeness (QED) is 0.504. The van der Waals surface area contributed by atoms with Gasteiger partial charge in [-0.25, -0.2) is 0 Å². The van der Waals surface area contributed by atoms with Crippen molar-refractivity contribution in [1.82, 2.24) is 10.2 Å². The largest absolute Gasteiger partial charge is 0.459 e. The SMILES string of the molecule is O=[N+]([O-])c1cc(C(F)(F)F)ccc1Sc1nnc(-c2ccco2)o1. The molecule has 2 aromatic heterocycles. The van der Waals surface area contributed by atoms with Crippen molar-refractivity contribution in [1.29, 1.82) is 0 Å². The molecule has 24 heavy (non-hydrogen) atoms. The van der Waals surface area contributed by atoms with Crippen LogP contribution in [0.25, 0.3) is 11.7 Å². The molecule has 0 fully saturated rings. The first-order valence-corrected chi connectivity index (χ1v) is 7.07. The van der Waals surface area contributed by atoms with Crippen LogP contribution in [0.3, 0.4) is 0 Å². The molecule has 0 saturated carbocycles. The Balaban J connectivity index is 1.91. The predicted molar refractivity (Wildman–Crippen MR) is 74.2 cm³/mol. The number of nitro groups is 1. The highest BCUT2D eigenvalue weighted by Crippen LogP contribution is 2.39. The Bertz CT molecular complexity index is 877. The molecule has 0 saturated heterocycles. The number of benzene rings is 1. The maximum absolute atomic E-state index is 12.7. The summed E-state index contributed by atoms with van der Waals surface area (Å²) < 4.78 is 48.3. The Morgan fingerprint density at radius 1 is 1.21 bits per heavy atom. The highest BCUT2D eigenvalue weighted by Gasteiger charge is 2.33. The van der Waals surface area contributed by atoms with Crippen molar-refractivity contribution in [2.24, 2.45) is 0 Å². The molecular formula is C13H6F3N3O4S. The van der Waals surface area contributed by atoms with Gasteiger partial charge in [-0.05, 0) is 36.0 Å². The van der Waals surface area contributed by atoms with Gasteiger partial charge in [0.2, 0.25) is 0 Å². The normalized spacial score (nSPS) is 11.6. The van der Waals surface area contributed by atoms with Gasteiger partial charge in [-0.3, -0.25) is 10.1 Å². The molecule has 0 aliphatic carbocycles. The predicted octanol–water partition coefficient (Wildman–Crippen LogP) is 4.41. The summed E-state index contributed by atoms with van der Waals surface area (Å²) in [5, 5.41) is 18.3. The highest BCUT2D eigenvalue weighted by molar-refractivity contribution is 7.99.